The van der Waals surface area contributed by atoms with Gasteiger partial charge in [-0.15, -0.1) is 0 Å². The summed E-state index contributed by atoms with van der Waals surface area (Å²) in [6.07, 6.45) is -2.43. The number of carbonyl (C=O) groups excluding carboxylic acids is 1. The summed E-state index contributed by atoms with van der Waals surface area (Å²) in [4.78, 5) is 28.3. The summed E-state index contributed by atoms with van der Waals surface area (Å²) in [6, 6.07) is 7.61. The number of carbonyl (C=O) groups is 1. The van der Waals surface area contributed by atoms with Crippen LogP contribution >= 0.6 is 0 Å². The maximum Gasteiger partial charge on any atom is 0.431 e. The maximum absolute atomic E-state index is 13.6. The van der Waals surface area contributed by atoms with Gasteiger partial charge in [-0.25, -0.2) is 4.39 Å². The molecule has 2 aromatic heterocycles. The van der Waals surface area contributed by atoms with Crippen molar-refractivity contribution in [3.05, 3.63) is 81.8 Å². The van der Waals surface area contributed by atoms with E-state index in [0.29, 0.717) is 0 Å². The predicted molar refractivity (Wildman–Crippen MR) is 94.5 cm³/mol. The molecule has 0 aliphatic heterocycles. The molecule has 0 saturated heterocycles. The topological polar surface area (TPSA) is 98.1 Å². The van der Waals surface area contributed by atoms with Crippen LogP contribution in [0.3, 0.4) is 0 Å². The molecule has 0 radical (unpaired) electrons. The molecule has 1 aromatic carbocycles. The summed E-state index contributed by atoms with van der Waals surface area (Å²) < 4.78 is 58.9. The average Bonchev–Trinajstić information content (AvgIpc) is 2.67. The Balaban J connectivity index is 1.93. The highest BCUT2D eigenvalue weighted by atomic mass is 19.4. The second-order valence-corrected chi connectivity index (χ2v) is 5.94. The van der Waals surface area contributed by atoms with Crippen molar-refractivity contribution in [1.29, 1.82) is 0 Å². The lowest BCUT2D eigenvalue weighted by Gasteiger charge is -2.14. The van der Waals surface area contributed by atoms with Gasteiger partial charge in [-0.1, -0.05) is 12.1 Å². The van der Waals surface area contributed by atoms with Crippen molar-refractivity contribution >= 4 is 5.91 Å². The van der Waals surface area contributed by atoms with Crippen molar-refractivity contribution in [3.63, 3.8) is 0 Å². The number of pyridine rings is 2. The molecule has 10 heteroatoms. The van der Waals surface area contributed by atoms with E-state index in [1.165, 1.54) is 36.5 Å². The molecule has 0 aliphatic rings. The molecular formula is C19H13F4N3O3. The fourth-order valence-electron chi connectivity index (χ4n) is 2.58. The molecule has 0 saturated carbocycles. The number of nitrogens with one attached hydrogen (secondary N) is 1. The zero-order chi connectivity index (χ0) is 21.2. The maximum atomic E-state index is 13.6. The van der Waals surface area contributed by atoms with Crippen LogP contribution in [0.5, 0.6) is 5.75 Å². The number of aromatic amines is 1. The third-order valence-corrected chi connectivity index (χ3v) is 4.01. The first-order valence-corrected chi connectivity index (χ1v) is 8.13. The first-order valence-electron chi connectivity index (χ1n) is 8.13. The van der Waals surface area contributed by atoms with Gasteiger partial charge in [-0.2, -0.15) is 13.2 Å². The largest absolute Gasteiger partial charge is 0.489 e. The summed E-state index contributed by atoms with van der Waals surface area (Å²) in [6.45, 7) is -0.105. The summed E-state index contributed by atoms with van der Waals surface area (Å²) in [5.74, 6) is -1.43. The van der Waals surface area contributed by atoms with Gasteiger partial charge in [0.15, 0.2) is 0 Å². The second kappa shape index (κ2) is 7.74. The molecule has 150 valence electrons. The SMILES string of the molecule is NC(=O)c1cc(-c2ccc(OCc3ccncc3F)cc2)c(C(F)(F)F)[nH]c1=O. The number of alkyl halides is 3. The molecule has 0 aliphatic carbocycles. The standard InChI is InChI=1S/C19H13F4N3O3/c20-15-8-25-6-5-11(15)9-29-12-3-1-10(2-4-12)13-7-14(17(24)27)18(28)26-16(13)19(21,22)23/h1-8H,9H2,(H2,24,27)(H,26,28). The van der Waals surface area contributed by atoms with Crippen LogP contribution in [-0.2, 0) is 12.8 Å². The average molecular weight is 407 g/mol. The number of rotatable bonds is 5. The van der Waals surface area contributed by atoms with Crippen LogP contribution in [0.2, 0.25) is 0 Å². The van der Waals surface area contributed by atoms with E-state index in [1.807, 2.05) is 0 Å². The van der Waals surface area contributed by atoms with Gasteiger partial charge in [-0.05, 0) is 29.8 Å². The fourth-order valence-corrected chi connectivity index (χ4v) is 2.58. The van der Waals surface area contributed by atoms with Gasteiger partial charge in [0.1, 0.15) is 29.4 Å². The number of primary amides is 1. The zero-order valence-corrected chi connectivity index (χ0v) is 14.6. The summed E-state index contributed by atoms with van der Waals surface area (Å²) >= 11 is 0. The molecule has 29 heavy (non-hydrogen) atoms. The van der Waals surface area contributed by atoms with Crippen LogP contribution in [0.15, 0.2) is 53.6 Å². The Morgan fingerprint density at radius 2 is 1.86 bits per heavy atom. The molecule has 0 atom stereocenters. The number of amides is 1. The number of aromatic nitrogens is 2. The summed E-state index contributed by atoms with van der Waals surface area (Å²) in [7, 11) is 0. The number of nitrogens with two attached hydrogens (primary N) is 1. The number of hydrogen-bond donors (Lipinski definition) is 2. The van der Waals surface area contributed by atoms with Crippen molar-refractivity contribution in [2.75, 3.05) is 0 Å². The predicted octanol–water partition coefficient (Wildman–Crippen LogP) is 3.27. The molecule has 2 heterocycles. The number of H-pyrrole nitrogens is 1. The third-order valence-electron chi connectivity index (χ3n) is 4.01. The molecule has 0 unspecified atom stereocenters. The zero-order valence-electron chi connectivity index (χ0n) is 14.6. The van der Waals surface area contributed by atoms with Crippen LogP contribution in [0.1, 0.15) is 21.6 Å². The molecule has 3 rings (SSSR count). The highest BCUT2D eigenvalue weighted by Gasteiger charge is 2.36. The Morgan fingerprint density at radius 3 is 2.45 bits per heavy atom. The molecule has 6 nitrogen and oxygen atoms in total. The molecule has 3 N–H and O–H groups in total. The van der Waals surface area contributed by atoms with Crippen molar-refractivity contribution in [3.8, 4) is 16.9 Å². The minimum atomic E-state index is -4.86. The van der Waals surface area contributed by atoms with Crippen molar-refractivity contribution < 1.29 is 27.1 Å². The fraction of sp³-hybridized carbons (Fsp3) is 0.105. The van der Waals surface area contributed by atoms with E-state index in [-0.39, 0.29) is 23.5 Å². The molecule has 1 amide bonds. The Hall–Kier alpha value is -3.69. The van der Waals surface area contributed by atoms with Crippen LogP contribution in [0.4, 0.5) is 17.6 Å². The smallest absolute Gasteiger partial charge is 0.431 e. The van der Waals surface area contributed by atoms with Crippen molar-refractivity contribution in [2.24, 2.45) is 5.73 Å². The van der Waals surface area contributed by atoms with E-state index in [0.717, 1.165) is 12.3 Å². The lowest BCUT2D eigenvalue weighted by atomic mass is 10.0. The molecule has 0 fully saturated rings. The Kier molecular flexibility index (Phi) is 5.35. The lowest BCUT2D eigenvalue weighted by molar-refractivity contribution is -0.140. The van der Waals surface area contributed by atoms with Crippen LogP contribution in [-0.4, -0.2) is 15.9 Å². The van der Waals surface area contributed by atoms with E-state index in [2.05, 4.69) is 4.98 Å². The van der Waals surface area contributed by atoms with Crippen LogP contribution < -0.4 is 16.0 Å². The highest BCUT2D eigenvalue weighted by molar-refractivity contribution is 5.94. The number of hydrogen-bond acceptors (Lipinski definition) is 4. The van der Waals surface area contributed by atoms with Gasteiger partial charge in [-0.3, -0.25) is 14.6 Å². The quantitative estimate of drug-likeness (QED) is 0.635. The van der Waals surface area contributed by atoms with E-state index in [4.69, 9.17) is 10.5 Å². The highest BCUT2D eigenvalue weighted by Crippen LogP contribution is 2.35. The number of ether oxygens (including phenoxy) is 1. The lowest BCUT2D eigenvalue weighted by Crippen LogP contribution is -2.27. The van der Waals surface area contributed by atoms with Gasteiger partial charge in [0.05, 0.1) is 6.20 Å². The summed E-state index contributed by atoms with van der Waals surface area (Å²) in [5, 5.41) is 0. The second-order valence-electron chi connectivity index (χ2n) is 5.94. The molecular weight excluding hydrogens is 394 g/mol. The Bertz CT molecular complexity index is 1110. The first kappa shape index (κ1) is 20.1. The van der Waals surface area contributed by atoms with E-state index in [9.17, 15) is 27.2 Å². The molecule has 0 spiro atoms. The van der Waals surface area contributed by atoms with Gasteiger partial charge in [0, 0.05) is 17.3 Å². The normalized spacial score (nSPS) is 11.3. The van der Waals surface area contributed by atoms with Crippen LogP contribution in [0.25, 0.3) is 11.1 Å². The Morgan fingerprint density at radius 1 is 1.17 bits per heavy atom. The number of halogens is 4. The minimum Gasteiger partial charge on any atom is -0.489 e. The number of benzene rings is 1. The Labute approximate surface area is 161 Å². The van der Waals surface area contributed by atoms with Gasteiger partial charge in [0.2, 0.25) is 0 Å². The third kappa shape index (κ3) is 4.42. The molecule has 3 aromatic rings. The van der Waals surface area contributed by atoms with Crippen molar-refractivity contribution in [2.45, 2.75) is 12.8 Å². The van der Waals surface area contributed by atoms with E-state index >= 15 is 0 Å². The summed E-state index contributed by atoms with van der Waals surface area (Å²) in [5.41, 5.74) is 1.84. The molecule has 0 bridgehead atoms. The van der Waals surface area contributed by atoms with Crippen LogP contribution in [0, 0.1) is 5.82 Å². The minimum absolute atomic E-state index is 0.0681. The van der Waals surface area contributed by atoms with E-state index < -0.39 is 40.3 Å². The van der Waals surface area contributed by atoms with Gasteiger partial charge in [0.25, 0.3) is 11.5 Å². The van der Waals surface area contributed by atoms with Crippen molar-refractivity contribution in [1.82, 2.24) is 9.97 Å². The first-order chi connectivity index (χ1) is 13.7. The van der Waals surface area contributed by atoms with Gasteiger partial charge >= 0.3 is 6.18 Å². The van der Waals surface area contributed by atoms with E-state index in [1.54, 1.807) is 4.98 Å². The number of nitrogens with zero attached hydrogens (tertiary/aromatic N) is 1. The monoisotopic (exact) mass is 407 g/mol. The van der Waals surface area contributed by atoms with Gasteiger partial charge < -0.3 is 15.5 Å².